The summed E-state index contributed by atoms with van der Waals surface area (Å²) in [7, 11) is 0. The van der Waals surface area contributed by atoms with Gasteiger partial charge in [0.2, 0.25) is 5.91 Å². The van der Waals surface area contributed by atoms with Crippen molar-refractivity contribution >= 4 is 22.5 Å². The Hall–Kier alpha value is -2.10. The van der Waals surface area contributed by atoms with Crippen LogP contribution in [0.3, 0.4) is 0 Å². The summed E-state index contributed by atoms with van der Waals surface area (Å²) in [5.74, 6) is 0.350. The molecule has 1 N–H and O–H groups in total. The minimum Gasteiger partial charge on any atom is -0.371 e. The summed E-state index contributed by atoms with van der Waals surface area (Å²) in [5.41, 5.74) is 3.51. The largest absolute Gasteiger partial charge is 0.371 e. The molecule has 1 aliphatic heterocycles. The number of piperidine rings is 1. The number of aryl methyl sites for hydroxylation is 1. The molecule has 4 heteroatoms. The highest BCUT2D eigenvalue weighted by Crippen LogP contribution is 2.30. The van der Waals surface area contributed by atoms with Crippen molar-refractivity contribution in [2.45, 2.75) is 52.5 Å². The van der Waals surface area contributed by atoms with Crippen molar-refractivity contribution in [1.29, 1.82) is 0 Å². The number of anilines is 1. The number of pyridine rings is 1. The molecule has 2 heterocycles. The minimum atomic E-state index is 0.141. The van der Waals surface area contributed by atoms with Crippen molar-refractivity contribution in [3.8, 4) is 0 Å². The zero-order chi connectivity index (χ0) is 17.8. The first-order chi connectivity index (χ1) is 12.1. The van der Waals surface area contributed by atoms with Crippen LogP contribution in [-0.4, -0.2) is 30.0 Å². The first kappa shape index (κ1) is 17.7. The van der Waals surface area contributed by atoms with E-state index in [4.69, 9.17) is 4.98 Å². The number of carbonyl (C=O) groups excluding carboxylic acids is 1. The smallest absolute Gasteiger partial charge is 0.223 e. The molecule has 0 radical (unpaired) electrons. The van der Waals surface area contributed by atoms with Gasteiger partial charge in [0.15, 0.2) is 0 Å². The van der Waals surface area contributed by atoms with Gasteiger partial charge in [-0.15, -0.1) is 0 Å². The Balaban J connectivity index is 1.80. The van der Waals surface area contributed by atoms with Crippen LogP contribution in [0.25, 0.3) is 10.9 Å². The normalized spacial score (nSPS) is 15.8. The van der Waals surface area contributed by atoms with Crippen LogP contribution < -0.4 is 10.2 Å². The number of hydrogen-bond donors (Lipinski definition) is 1. The highest BCUT2D eigenvalue weighted by Gasteiger charge is 2.26. The summed E-state index contributed by atoms with van der Waals surface area (Å²) in [4.78, 5) is 19.5. The predicted octanol–water partition coefficient (Wildman–Crippen LogP) is 3.93. The Morgan fingerprint density at radius 3 is 2.68 bits per heavy atom. The molecule has 0 saturated carbocycles. The lowest BCUT2D eigenvalue weighted by atomic mass is 9.94. The number of nitrogens with zero attached hydrogens (tertiary/aromatic N) is 2. The summed E-state index contributed by atoms with van der Waals surface area (Å²) in [6, 6.07) is 10.9. The van der Waals surface area contributed by atoms with E-state index in [2.05, 4.69) is 47.5 Å². The fraction of sp³-hybridized carbons (Fsp3) is 0.524. The summed E-state index contributed by atoms with van der Waals surface area (Å²) >= 11 is 0. The highest BCUT2D eigenvalue weighted by atomic mass is 16.1. The molecule has 2 aromatic rings. The van der Waals surface area contributed by atoms with Crippen molar-refractivity contribution in [2.75, 3.05) is 18.0 Å². The second-order valence-corrected chi connectivity index (χ2v) is 7.32. The topological polar surface area (TPSA) is 45.2 Å². The van der Waals surface area contributed by atoms with Crippen molar-refractivity contribution < 1.29 is 4.79 Å². The summed E-state index contributed by atoms with van der Waals surface area (Å²) < 4.78 is 0. The molecular weight excluding hydrogens is 310 g/mol. The molecule has 1 aromatic carbocycles. The third-order valence-electron chi connectivity index (χ3n) is 4.89. The number of nitrogens with one attached hydrogen (secondary N) is 1. The van der Waals surface area contributed by atoms with Gasteiger partial charge in [0.1, 0.15) is 0 Å². The van der Waals surface area contributed by atoms with Gasteiger partial charge in [-0.2, -0.15) is 0 Å². The molecular formula is C21H29N3O. The summed E-state index contributed by atoms with van der Waals surface area (Å²) in [6.45, 7) is 8.08. The van der Waals surface area contributed by atoms with Crippen molar-refractivity contribution in [1.82, 2.24) is 10.3 Å². The molecule has 1 aliphatic rings. The molecule has 3 rings (SSSR count). The van der Waals surface area contributed by atoms with E-state index in [0.29, 0.717) is 0 Å². The van der Waals surface area contributed by atoms with Gasteiger partial charge in [0, 0.05) is 41.8 Å². The molecule has 1 amide bonds. The van der Waals surface area contributed by atoms with Crippen molar-refractivity contribution in [3.63, 3.8) is 0 Å². The molecule has 0 atom stereocenters. The molecule has 0 spiro atoms. The van der Waals surface area contributed by atoms with Gasteiger partial charge in [0.05, 0.1) is 5.52 Å². The molecule has 1 fully saturated rings. The number of benzene rings is 1. The van der Waals surface area contributed by atoms with Gasteiger partial charge in [-0.25, -0.2) is 0 Å². The van der Waals surface area contributed by atoms with Gasteiger partial charge < -0.3 is 10.2 Å². The van der Waals surface area contributed by atoms with Crippen LogP contribution in [-0.2, 0) is 11.2 Å². The zero-order valence-electron chi connectivity index (χ0n) is 15.6. The average molecular weight is 339 g/mol. The van der Waals surface area contributed by atoms with Gasteiger partial charge >= 0.3 is 0 Å². The average Bonchev–Trinajstić information content (AvgIpc) is 2.61. The highest BCUT2D eigenvalue weighted by molar-refractivity contribution is 5.92. The van der Waals surface area contributed by atoms with Crippen molar-refractivity contribution in [3.05, 3.63) is 36.0 Å². The van der Waals surface area contributed by atoms with E-state index in [-0.39, 0.29) is 17.9 Å². The van der Waals surface area contributed by atoms with Gasteiger partial charge in [-0.3, -0.25) is 9.78 Å². The van der Waals surface area contributed by atoms with Crippen LogP contribution >= 0.6 is 0 Å². The van der Waals surface area contributed by atoms with E-state index in [1.807, 2.05) is 13.8 Å². The van der Waals surface area contributed by atoms with E-state index in [0.717, 1.165) is 50.0 Å². The fourth-order valence-corrected chi connectivity index (χ4v) is 3.64. The summed E-state index contributed by atoms with van der Waals surface area (Å²) in [6.07, 6.45) is 3.93. The Morgan fingerprint density at radius 1 is 1.28 bits per heavy atom. The van der Waals surface area contributed by atoms with Crippen LogP contribution in [0, 0.1) is 5.92 Å². The lowest BCUT2D eigenvalue weighted by Gasteiger charge is -2.34. The minimum absolute atomic E-state index is 0.141. The first-order valence-corrected chi connectivity index (χ1v) is 9.52. The maximum Gasteiger partial charge on any atom is 0.223 e. The Morgan fingerprint density at radius 2 is 2.00 bits per heavy atom. The number of para-hydroxylation sites is 1. The lowest BCUT2D eigenvalue weighted by Crippen LogP contribution is -2.42. The number of rotatable bonds is 5. The number of fused-ring (bicyclic) bond motifs is 1. The van der Waals surface area contributed by atoms with Gasteiger partial charge in [0.25, 0.3) is 0 Å². The van der Waals surface area contributed by atoms with Crippen LogP contribution in [0.4, 0.5) is 5.69 Å². The van der Waals surface area contributed by atoms with Gasteiger partial charge in [-0.1, -0.05) is 31.5 Å². The molecule has 0 aliphatic carbocycles. The van der Waals surface area contributed by atoms with E-state index in [1.54, 1.807) is 0 Å². The molecule has 134 valence electrons. The first-order valence-electron chi connectivity index (χ1n) is 9.52. The SMILES string of the molecule is CCCc1cc(N2CCC(C(=O)NC(C)C)CC2)c2ccccc2n1. The number of carbonyl (C=O) groups is 1. The number of hydrogen-bond acceptors (Lipinski definition) is 3. The Kier molecular flexibility index (Phi) is 5.57. The van der Waals surface area contributed by atoms with E-state index in [1.165, 1.54) is 11.1 Å². The second kappa shape index (κ2) is 7.85. The molecule has 1 saturated heterocycles. The fourth-order valence-electron chi connectivity index (χ4n) is 3.64. The van der Waals surface area contributed by atoms with Crippen LogP contribution in [0.5, 0.6) is 0 Å². The Bertz CT molecular complexity index is 733. The van der Waals surface area contributed by atoms with Gasteiger partial charge in [-0.05, 0) is 45.2 Å². The van der Waals surface area contributed by atoms with Crippen molar-refractivity contribution in [2.24, 2.45) is 5.92 Å². The van der Waals surface area contributed by atoms with E-state index < -0.39 is 0 Å². The maximum absolute atomic E-state index is 12.3. The van der Waals surface area contributed by atoms with Crippen LogP contribution in [0.2, 0.25) is 0 Å². The Labute approximate surface area is 150 Å². The third-order valence-corrected chi connectivity index (χ3v) is 4.89. The maximum atomic E-state index is 12.3. The summed E-state index contributed by atoms with van der Waals surface area (Å²) in [5, 5.41) is 4.27. The zero-order valence-corrected chi connectivity index (χ0v) is 15.6. The van der Waals surface area contributed by atoms with Crippen LogP contribution in [0.1, 0.15) is 45.7 Å². The number of amides is 1. The third kappa shape index (κ3) is 4.12. The predicted molar refractivity (Wildman–Crippen MR) is 104 cm³/mol. The molecule has 0 unspecified atom stereocenters. The monoisotopic (exact) mass is 339 g/mol. The van der Waals surface area contributed by atoms with Crippen LogP contribution in [0.15, 0.2) is 30.3 Å². The standard InChI is InChI=1S/C21H29N3O/c1-4-7-17-14-20(18-8-5-6-9-19(18)23-17)24-12-10-16(11-13-24)21(25)22-15(2)3/h5-6,8-9,14-16H,4,7,10-13H2,1-3H3,(H,22,25). The van der Waals surface area contributed by atoms with E-state index in [9.17, 15) is 4.79 Å². The molecule has 25 heavy (non-hydrogen) atoms. The second-order valence-electron chi connectivity index (χ2n) is 7.32. The quantitative estimate of drug-likeness (QED) is 0.898. The molecule has 1 aromatic heterocycles. The van der Waals surface area contributed by atoms with E-state index >= 15 is 0 Å². The number of aromatic nitrogens is 1. The molecule has 0 bridgehead atoms. The molecule has 4 nitrogen and oxygen atoms in total. The lowest BCUT2D eigenvalue weighted by molar-refractivity contribution is -0.126.